The van der Waals surface area contributed by atoms with Crippen LogP contribution in [0.2, 0.25) is 0 Å². The van der Waals surface area contributed by atoms with E-state index in [1.165, 1.54) is 0 Å². The van der Waals surface area contributed by atoms with E-state index < -0.39 is 5.97 Å². The van der Waals surface area contributed by atoms with E-state index in [2.05, 4.69) is 0 Å². The molecule has 0 aromatic heterocycles. The predicted octanol–water partition coefficient (Wildman–Crippen LogP) is 3.42. The number of carbonyl (C=O) groups is 4. The summed E-state index contributed by atoms with van der Waals surface area (Å²) in [5, 5.41) is 0. The average molecular weight is 417 g/mol. The molecule has 1 aliphatic carbocycles. The van der Waals surface area contributed by atoms with Crippen LogP contribution in [0.25, 0.3) is 11.1 Å². The third-order valence-electron chi connectivity index (χ3n) is 5.82. The quantitative estimate of drug-likeness (QED) is 0.298. The van der Waals surface area contributed by atoms with Crippen LogP contribution in [-0.4, -0.2) is 41.6 Å². The van der Waals surface area contributed by atoms with E-state index in [0.29, 0.717) is 18.4 Å². The molecule has 1 aliphatic heterocycles. The van der Waals surface area contributed by atoms with Gasteiger partial charge in [0.1, 0.15) is 0 Å². The van der Waals surface area contributed by atoms with Gasteiger partial charge in [-0.2, -0.15) is 0 Å². The van der Waals surface area contributed by atoms with E-state index in [1.807, 2.05) is 54.6 Å². The Labute approximate surface area is 180 Å². The molecule has 6 heteroatoms. The van der Waals surface area contributed by atoms with Gasteiger partial charge in [-0.05, 0) is 24.0 Å². The standard InChI is InChI=1S/C25H23NO5/c27-22(19-12-10-18(11-13-19)17-6-2-1-3-7-17)16-31-23(28)14-15-26-24(29)20-8-4-5-9-21(20)25(26)30/h1-7,10-13,20-21H,8-9,14-16H2/t20-,21-/m0/s1. The molecule has 1 heterocycles. The number of imide groups is 1. The van der Waals surface area contributed by atoms with Crippen molar-refractivity contribution in [3.63, 3.8) is 0 Å². The molecule has 4 rings (SSSR count). The van der Waals surface area contributed by atoms with Gasteiger partial charge in [0.15, 0.2) is 12.4 Å². The number of amides is 2. The van der Waals surface area contributed by atoms with Gasteiger partial charge >= 0.3 is 5.97 Å². The summed E-state index contributed by atoms with van der Waals surface area (Å²) in [6, 6.07) is 16.9. The monoisotopic (exact) mass is 417 g/mol. The molecule has 2 aromatic rings. The van der Waals surface area contributed by atoms with Crippen molar-refractivity contribution >= 4 is 23.6 Å². The summed E-state index contributed by atoms with van der Waals surface area (Å²) in [5.41, 5.74) is 2.49. The molecule has 0 bridgehead atoms. The summed E-state index contributed by atoms with van der Waals surface area (Å²) >= 11 is 0. The van der Waals surface area contributed by atoms with Crippen molar-refractivity contribution in [1.29, 1.82) is 0 Å². The zero-order valence-corrected chi connectivity index (χ0v) is 17.0. The number of nitrogens with zero attached hydrogens (tertiary/aromatic N) is 1. The number of hydrogen-bond donors (Lipinski definition) is 0. The lowest BCUT2D eigenvalue weighted by Gasteiger charge is -2.14. The highest BCUT2D eigenvalue weighted by molar-refractivity contribution is 6.05. The molecule has 0 unspecified atom stereocenters. The van der Waals surface area contributed by atoms with Crippen LogP contribution in [-0.2, 0) is 19.1 Å². The number of esters is 1. The van der Waals surface area contributed by atoms with Gasteiger partial charge in [-0.25, -0.2) is 0 Å². The van der Waals surface area contributed by atoms with Crippen molar-refractivity contribution in [3.8, 4) is 11.1 Å². The normalized spacial score (nSPS) is 19.9. The van der Waals surface area contributed by atoms with Crippen LogP contribution < -0.4 is 0 Å². The van der Waals surface area contributed by atoms with E-state index >= 15 is 0 Å². The molecule has 1 fully saturated rings. The largest absolute Gasteiger partial charge is 0.457 e. The van der Waals surface area contributed by atoms with Crippen molar-refractivity contribution in [2.45, 2.75) is 19.3 Å². The maximum atomic E-state index is 12.4. The number of ether oxygens (including phenoxy) is 1. The van der Waals surface area contributed by atoms with Gasteiger partial charge in [0.25, 0.3) is 0 Å². The van der Waals surface area contributed by atoms with Gasteiger partial charge in [-0.1, -0.05) is 66.7 Å². The van der Waals surface area contributed by atoms with Crippen LogP contribution in [0.5, 0.6) is 0 Å². The third-order valence-corrected chi connectivity index (χ3v) is 5.82. The van der Waals surface area contributed by atoms with E-state index in [4.69, 9.17) is 4.74 Å². The Morgan fingerprint density at radius 1 is 0.839 bits per heavy atom. The van der Waals surface area contributed by atoms with E-state index in [-0.39, 0.29) is 49.0 Å². The summed E-state index contributed by atoms with van der Waals surface area (Å²) in [6.07, 6.45) is 4.84. The summed E-state index contributed by atoms with van der Waals surface area (Å²) in [7, 11) is 0. The number of ketones is 1. The zero-order valence-electron chi connectivity index (χ0n) is 17.0. The number of carbonyl (C=O) groups excluding carboxylic acids is 4. The van der Waals surface area contributed by atoms with Crippen molar-refractivity contribution < 1.29 is 23.9 Å². The first-order valence-electron chi connectivity index (χ1n) is 10.4. The Morgan fingerprint density at radius 2 is 1.42 bits per heavy atom. The van der Waals surface area contributed by atoms with Crippen LogP contribution in [0.15, 0.2) is 66.7 Å². The van der Waals surface area contributed by atoms with Crippen LogP contribution >= 0.6 is 0 Å². The molecule has 0 radical (unpaired) electrons. The van der Waals surface area contributed by atoms with Gasteiger partial charge in [0.05, 0.1) is 18.3 Å². The molecule has 0 saturated carbocycles. The minimum atomic E-state index is -0.608. The minimum absolute atomic E-state index is 0.0105. The number of allylic oxidation sites excluding steroid dienone is 2. The van der Waals surface area contributed by atoms with Gasteiger partial charge in [-0.3, -0.25) is 24.1 Å². The summed E-state index contributed by atoms with van der Waals surface area (Å²) in [5.74, 6) is -1.98. The Hall–Kier alpha value is -3.54. The molecule has 2 atom stereocenters. The molecular formula is C25H23NO5. The molecule has 2 aromatic carbocycles. The fraction of sp³-hybridized carbons (Fsp3) is 0.280. The smallest absolute Gasteiger partial charge is 0.308 e. The number of Topliss-reactive ketones (excluding diaryl/α,β-unsaturated/α-hetero) is 1. The number of likely N-dealkylation sites (tertiary alicyclic amines) is 1. The van der Waals surface area contributed by atoms with Crippen molar-refractivity contribution in [2.75, 3.05) is 13.2 Å². The number of benzene rings is 2. The first-order valence-corrected chi connectivity index (χ1v) is 10.4. The number of rotatable bonds is 7. The molecule has 1 saturated heterocycles. The van der Waals surface area contributed by atoms with Crippen LogP contribution in [0, 0.1) is 11.8 Å². The van der Waals surface area contributed by atoms with E-state index in [1.54, 1.807) is 12.1 Å². The first-order chi connectivity index (χ1) is 15.0. The molecule has 0 N–H and O–H groups in total. The highest BCUT2D eigenvalue weighted by Gasteiger charge is 2.46. The Bertz CT molecular complexity index is 1000. The Kier molecular flexibility index (Phi) is 6.07. The molecule has 0 spiro atoms. The number of hydrogen-bond acceptors (Lipinski definition) is 5. The fourth-order valence-corrected chi connectivity index (χ4v) is 4.07. The summed E-state index contributed by atoms with van der Waals surface area (Å²) in [4.78, 5) is 50.4. The van der Waals surface area contributed by atoms with E-state index in [0.717, 1.165) is 16.0 Å². The molecule has 2 aliphatic rings. The second-order valence-corrected chi connectivity index (χ2v) is 7.76. The van der Waals surface area contributed by atoms with Crippen molar-refractivity contribution in [1.82, 2.24) is 4.90 Å². The van der Waals surface area contributed by atoms with Crippen LogP contribution in [0.4, 0.5) is 0 Å². The fourth-order valence-electron chi connectivity index (χ4n) is 4.07. The highest BCUT2D eigenvalue weighted by Crippen LogP contribution is 2.35. The predicted molar refractivity (Wildman–Crippen MR) is 114 cm³/mol. The van der Waals surface area contributed by atoms with Gasteiger partial charge < -0.3 is 4.74 Å². The highest BCUT2D eigenvalue weighted by atomic mass is 16.5. The maximum absolute atomic E-state index is 12.4. The molecule has 31 heavy (non-hydrogen) atoms. The van der Waals surface area contributed by atoms with Crippen LogP contribution in [0.3, 0.4) is 0 Å². The van der Waals surface area contributed by atoms with Crippen molar-refractivity contribution in [2.24, 2.45) is 11.8 Å². The number of fused-ring (bicyclic) bond motifs is 1. The Balaban J connectivity index is 1.26. The SMILES string of the molecule is O=C(CCN1C(=O)[C@H]2CC=CC[C@@H]2C1=O)OCC(=O)c1ccc(-c2ccccc2)cc1. The van der Waals surface area contributed by atoms with Crippen LogP contribution in [0.1, 0.15) is 29.6 Å². The van der Waals surface area contributed by atoms with Gasteiger partial charge in [0.2, 0.25) is 11.8 Å². The minimum Gasteiger partial charge on any atom is -0.457 e. The lowest BCUT2D eigenvalue weighted by Crippen LogP contribution is -2.33. The van der Waals surface area contributed by atoms with Gasteiger partial charge in [-0.15, -0.1) is 0 Å². The second-order valence-electron chi connectivity index (χ2n) is 7.76. The topological polar surface area (TPSA) is 80.8 Å². The molecule has 6 nitrogen and oxygen atoms in total. The molecular weight excluding hydrogens is 394 g/mol. The molecule has 158 valence electrons. The third kappa shape index (κ3) is 4.48. The van der Waals surface area contributed by atoms with E-state index in [9.17, 15) is 19.2 Å². The lowest BCUT2D eigenvalue weighted by atomic mass is 9.85. The average Bonchev–Trinajstić information content (AvgIpc) is 3.06. The Morgan fingerprint density at radius 3 is 2.03 bits per heavy atom. The summed E-state index contributed by atoms with van der Waals surface area (Å²) < 4.78 is 5.07. The maximum Gasteiger partial charge on any atom is 0.308 e. The van der Waals surface area contributed by atoms with Crippen molar-refractivity contribution in [3.05, 3.63) is 72.3 Å². The lowest BCUT2D eigenvalue weighted by molar-refractivity contribution is -0.145. The first kappa shape index (κ1) is 20.7. The molecule has 2 amide bonds. The van der Waals surface area contributed by atoms with Gasteiger partial charge in [0, 0.05) is 12.1 Å². The zero-order chi connectivity index (χ0) is 21.8. The second kappa shape index (κ2) is 9.08. The summed E-state index contributed by atoms with van der Waals surface area (Å²) in [6.45, 7) is -0.385.